The van der Waals surface area contributed by atoms with Crippen molar-refractivity contribution in [1.82, 2.24) is 4.90 Å². The molecule has 0 spiro atoms. The summed E-state index contributed by atoms with van der Waals surface area (Å²) in [5, 5.41) is 6.02. The molecule has 4 aromatic rings. The van der Waals surface area contributed by atoms with Crippen molar-refractivity contribution in [3.05, 3.63) is 48.5 Å². The van der Waals surface area contributed by atoms with Gasteiger partial charge in [-0.1, -0.05) is 38.1 Å². The molecule has 0 amide bonds. The van der Waals surface area contributed by atoms with Gasteiger partial charge in [0, 0.05) is 19.2 Å². The van der Waals surface area contributed by atoms with Crippen LogP contribution in [0.25, 0.3) is 33.0 Å². The lowest BCUT2D eigenvalue weighted by Gasteiger charge is -2.18. The molecule has 2 aromatic carbocycles. The van der Waals surface area contributed by atoms with E-state index in [-0.39, 0.29) is 0 Å². The number of nitrogens with one attached hydrogen (secondary N) is 1. The molecule has 0 atom stereocenters. The maximum atomic E-state index is 6.29. The van der Waals surface area contributed by atoms with E-state index < -0.39 is 0 Å². The van der Waals surface area contributed by atoms with Gasteiger partial charge in [0.2, 0.25) is 11.1 Å². The highest BCUT2D eigenvalue weighted by Crippen LogP contribution is 2.35. The van der Waals surface area contributed by atoms with Crippen molar-refractivity contribution in [3.8, 4) is 0 Å². The molecule has 134 valence electrons. The van der Waals surface area contributed by atoms with Crippen molar-refractivity contribution in [2.75, 3.05) is 31.5 Å². The van der Waals surface area contributed by atoms with Crippen LogP contribution in [0.15, 0.2) is 52.9 Å². The number of anilines is 1. The standard InChI is InChI=1S/C22H25N3O/c1-4-25(5-2)15-14-23-20-16-10-6-8-12-18(16)24(3)21-17-11-7-9-13-19(17)26-22(20)21/h6-13H,4-5,14-15H2,1-3H3/p+1. The summed E-state index contributed by atoms with van der Waals surface area (Å²) in [6.07, 6.45) is 0. The summed E-state index contributed by atoms with van der Waals surface area (Å²) in [4.78, 5) is 2.42. The van der Waals surface area contributed by atoms with Gasteiger partial charge in [-0.05, 0) is 31.3 Å². The summed E-state index contributed by atoms with van der Waals surface area (Å²) in [5.74, 6) is 0. The minimum absolute atomic E-state index is 0.894. The third kappa shape index (κ3) is 2.71. The second kappa shape index (κ2) is 6.96. The fourth-order valence-electron chi connectivity index (χ4n) is 3.81. The van der Waals surface area contributed by atoms with Crippen molar-refractivity contribution in [3.63, 3.8) is 0 Å². The van der Waals surface area contributed by atoms with Crippen LogP contribution >= 0.6 is 0 Å². The van der Waals surface area contributed by atoms with Gasteiger partial charge in [-0.25, -0.2) is 0 Å². The Morgan fingerprint density at radius 3 is 2.42 bits per heavy atom. The van der Waals surface area contributed by atoms with Gasteiger partial charge >= 0.3 is 0 Å². The second-order valence-corrected chi connectivity index (χ2v) is 6.68. The Morgan fingerprint density at radius 2 is 1.65 bits per heavy atom. The highest BCUT2D eigenvalue weighted by atomic mass is 16.3. The predicted octanol–water partition coefficient (Wildman–Crippen LogP) is 4.32. The van der Waals surface area contributed by atoms with Crippen molar-refractivity contribution < 1.29 is 8.98 Å². The van der Waals surface area contributed by atoms with Gasteiger partial charge in [-0.15, -0.1) is 0 Å². The largest absolute Gasteiger partial charge is 0.447 e. The zero-order valence-electron chi connectivity index (χ0n) is 15.7. The number of benzene rings is 2. The molecule has 4 nitrogen and oxygen atoms in total. The molecule has 0 saturated heterocycles. The molecule has 0 bridgehead atoms. The van der Waals surface area contributed by atoms with Gasteiger partial charge in [-0.3, -0.25) is 0 Å². The van der Waals surface area contributed by atoms with E-state index in [4.69, 9.17) is 4.42 Å². The Hall–Kier alpha value is -2.59. The number of rotatable bonds is 6. The molecule has 0 radical (unpaired) electrons. The maximum absolute atomic E-state index is 6.29. The summed E-state index contributed by atoms with van der Waals surface area (Å²) in [6.45, 7) is 8.47. The SMILES string of the molecule is CCN(CC)CCNc1c2ccccc2[n+](C)c2c1oc1ccccc12. The Bertz CT molecular complexity index is 1060. The van der Waals surface area contributed by atoms with E-state index in [1.165, 1.54) is 10.9 Å². The molecule has 2 aromatic heterocycles. The van der Waals surface area contributed by atoms with Gasteiger partial charge < -0.3 is 14.6 Å². The first-order valence-corrected chi connectivity index (χ1v) is 9.42. The highest BCUT2D eigenvalue weighted by Gasteiger charge is 2.24. The van der Waals surface area contributed by atoms with Crippen LogP contribution in [-0.2, 0) is 7.05 Å². The molecular weight excluding hydrogens is 322 g/mol. The van der Waals surface area contributed by atoms with Crippen LogP contribution in [-0.4, -0.2) is 31.1 Å². The first-order chi connectivity index (χ1) is 12.7. The van der Waals surface area contributed by atoms with Gasteiger partial charge in [0.05, 0.1) is 16.5 Å². The lowest BCUT2D eigenvalue weighted by molar-refractivity contribution is -0.616. The number of hydrogen-bond acceptors (Lipinski definition) is 3. The molecular formula is C22H26N3O+. The van der Waals surface area contributed by atoms with Gasteiger partial charge in [0.1, 0.15) is 12.6 Å². The monoisotopic (exact) mass is 348 g/mol. The minimum Gasteiger partial charge on any atom is -0.447 e. The van der Waals surface area contributed by atoms with Crippen LogP contribution < -0.4 is 9.88 Å². The molecule has 0 aliphatic rings. The van der Waals surface area contributed by atoms with E-state index in [9.17, 15) is 0 Å². The molecule has 0 fully saturated rings. The number of para-hydroxylation sites is 2. The van der Waals surface area contributed by atoms with E-state index in [1.807, 2.05) is 12.1 Å². The Labute approximate surface area is 154 Å². The van der Waals surface area contributed by atoms with E-state index in [1.54, 1.807) is 0 Å². The molecule has 0 aliphatic carbocycles. The Kier molecular flexibility index (Phi) is 4.51. The molecule has 1 N–H and O–H groups in total. The van der Waals surface area contributed by atoms with Crippen LogP contribution in [0.5, 0.6) is 0 Å². The fraction of sp³-hybridized carbons (Fsp3) is 0.318. The number of hydrogen-bond donors (Lipinski definition) is 1. The first-order valence-electron chi connectivity index (χ1n) is 9.42. The number of pyridine rings is 1. The average molecular weight is 348 g/mol. The zero-order chi connectivity index (χ0) is 18.1. The van der Waals surface area contributed by atoms with Crippen LogP contribution in [0.1, 0.15) is 13.8 Å². The van der Waals surface area contributed by atoms with Crippen LogP contribution in [0.2, 0.25) is 0 Å². The summed E-state index contributed by atoms with van der Waals surface area (Å²) in [5.41, 5.74) is 5.31. The molecule has 26 heavy (non-hydrogen) atoms. The summed E-state index contributed by atoms with van der Waals surface area (Å²) < 4.78 is 8.53. The van der Waals surface area contributed by atoms with Crippen molar-refractivity contribution in [2.24, 2.45) is 7.05 Å². The predicted molar refractivity (Wildman–Crippen MR) is 109 cm³/mol. The van der Waals surface area contributed by atoms with E-state index in [2.05, 4.69) is 72.1 Å². The van der Waals surface area contributed by atoms with Crippen LogP contribution in [0.3, 0.4) is 0 Å². The Balaban J connectivity index is 1.89. The number of furan rings is 1. The quantitative estimate of drug-likeness (QED) is 0.527. The molecule has 0 saturated carbocycles. The van der Waals surface area contributed by atoms with Crippen LogP contribution in [0.4, 0.5) is 5.69 Å². The zero-order valence-corrected chi connectivity index (χ0v) is 15.7. The number of likely N-dealkylation sites (N-methyl/N-ethyl adjacent to an activating group) is 1. The molecule has 4 rings (SSSR count). The number of nitrogens with zero attached hydrogens (tertiary/aromatic N) is 2. The maximum Gasteiger partial charge on any atom is 0.261 e. The van der Waals surface area contributed by atoms with Gasteiger partial charge in [-0.2, -0.15) is 4.57 Å². The number of aryl methyl sites for hydroxylation is 1. The van der Waals surface area contributed by atoms with E-state index in [0.717, 1.165) is 53.9 Å². The fourth-order valence-corrected chi connectivity index (χ4v) is 3.81. The third-order valence-corrected chi connectivity index (χ3v) is 5.29. The van der Waals surface area contributed by atoms with Gasteiger partial charge in [0.15, 0.2) is 0 Å². The summed E-state index contributed by atoms with van der Waals surface area (Å²) in [6, 6.07) is 16.8. The average Bonchev–Trinajstić information content (AvgIpc) is 3.07. The molecule has 0 aliphatic heterocycles. The molecule has 4 heteroatoms. The van der Waals surface area contributed by atoms with Crippen LogP contribution in [0, 0.1) is 0 Å². The smallest absolute Gasteiger partial charge is 0.261 e. The third-order valence-electron chi connectivity index (χ3n) is 5.29. The van der Waals surface area contributed by atoms with Crippen molar-refractivity contribution >= 4 is 38.7 Å². The van der Waals surface area contributed by atoms with E-state index >= 15 is 0 Å². The lowest BCUT2D eigenvalue weighted by Crippen LogP contribution is -2.31. The second-order valence-electron chi connectivity index (χ2n) is 6.68. The topological polar surface area (TPSA) is 32.3 Å². The number of aromatic nitrogens is 1. The minimum atomic E-state index is 0.894. The van der Waals surface area contributed by atoms with E-state index in [0.29, 0.717) is 0 Å². The molecule has 2 heterocycles. The first kappa shape index (κ1) is 16.9. The Morgan fingerprint density at radius 1 is 0.962 bits per heavy atom. The summed E-state index contributed by atoms with van der Waals surface area (Å²) in [7, 11) is 2.12. The number of fused-ring (bicyclic) bond motifs is 4. The normalized spacial score (nSPS) is 11.8. The molecule has 0 unspecified atom stereocenters. The summed E-state index contributed by atoms with van der Waals surface area (Å²) >= 11 is 0. The lowest BCUT2D eigenvalue weighted by atomic mass is 10.1. The van der Waals surface area contributed by atoms with Crippen molar-refractivity contribution in [2.45, 2.75) is 13.8 Å². The van der Waals surface area contributed by atoms with Crippen molar-refractivity contribution in [1.29, 1.82) is 0 Å². The highest BCUT2D eigenvalue weighted by molar-refractivity contribution is 6.11. The van der Waals surface area contributed by atoms with Gasteiger partial charge in [0.25, 0.3) is 5.52 Å².